The summed E-state index contributed by atoms with van der Waals surface area (Å²) in [4.78, 5) is 31.9. The highest BCUT2D eigenvalue weighted by Crippen LogP contribution is 2.29. The van der Waals surface area contributed by atoms with Crippen molar-refractivity contribution in [1.29, 1.82) is 0 Å². The molecule has 2 N–H and O–H groups in total. The van der Waals surface area contributed by atoms with Gasteiger partial charge in [0.15, 0.2) is 5.88 Å². The van der Waals surface area contributed by atoms with Crippen molar-refractivity contribution in [2.45, 2.75) is 45.3 Å². The third kappa shape index (κ3) is 9.21. The second kappa shape index (κ2) is 16.4. The minimum atomic E-state index is 0.0469. The topological polar surface area (TPSA) is 77.2 Å². The molecule has 2 aliphatic rings. The normalized spacial score (nSPS) is 16.5. The van der Waals surface area contributed by atoms with Gasteiger partial charge in [-0.2, -0.15) is 0 Å². The SMILES string of the molecule is C=C(Nc1ccccc1-c1ccccc1)OC1CCN(CCN(C)C(=O)c2ccc(CN3CCC(C(=O)NCC)CC3)cc2)CC1. The Bertz CT molecular complexity index is 1430. The highest BCUT2D eigenvalue weighted by molar-refractivity contribution is 5.94. The number of hydrogen-bond donors (Lipinski definition) is 2. The van der Waals surface area contributed by atoms with E-state index in [2.05, 4.69) is 57.3 Å². The van der Waals surface area contributed by atoms with Crippen molar-refractivity contribution in [2.75, 3.05) is 58.2 Å². The maximum atomic E-state index is 13.1. The van der Waals surface area contributed by atoms with Gasteiger partial charge in [-0.1, -0.05) is 60.7 Å². The van der Waals surface area contributed by atoms with Gasteiger partial charge in [-0.3, -0.25) is 14.5 Å². The molecule has 0 unspecified atom stereocenters. The molecule has 2 aliphatic heterocycles. The van der Waals surface area contributed by atoms with Crippen molar-refractivity contribution in [2.24, 2.45) is 5.92 Å². The zero-order chi connectivity index (χ0) is 32.3. The van der Waals surface area contributed by atoms with Crippen molar-refractivity contribution in [3.8, 4) is 11.1 Å². The first kappa shape index (κ1) is 33.2. The third-order valence-corrected chi connectivity index (χ3v) is 9.14. The van der Waals surface area contributed by atoms with Crippen molar-refractivity contribution in [1.82, 2.24) is 20.0 Å². The molecule has 2 heterocycles. The Morgan fingerprint density at radius 2 is 1.52 bits per heavy atom. The summed E-state index contributed by atoms with van der Waals surface area (Å²) in [7, 11) is 1.88. The smallest absolute Gasteiger partial charge is 0.253 e. The summed E-state index contributed by atoms with van der Waals surface area (Å²) in [6.45, 7) is 12.9. The van der Waals surface area contributed by atoms with Crippen LogP contribution >= 0.6 is 0 Å². The van der Waals surface area contributed by atoms with Crippen LogP contribution in [0.25, 0.3) is 11.1 Å². The predicted molar refractivity (Wildman–Crippen MR) is 185 cm³/mol. The van der Waals surface area contributed by atoms with Crippen molar-refractivity contribution in [3.63, 3.8) is 0 Å². The first-order valence-electron chi connectivity index (χ1n) is 16.7. The van der Waals surface area contributed by atoms with Crippen LogP contribution in [-0.4, -0.2) is 85.5 Å². The molecular weight excluding hydrogens is 574 g/mol. The minimum absolute atomic E-state index is 0.0469. The standard InChI is InChI=1S/C38H49N5O3/c1-4-39-37(44)32-18-22-43(23-19-32)28-30-14-16-33(17-15-30)38(45)41(3)26-27-42-24-20-34(21-25-42)46-29(2)40-36-13-9-8-12-35(36)31-10-6-5-7-11-31/h5-17,32,34,40H,2,4,18-28H2,1,3H3,(H,39,44). The van der Waals surface area contributed by atoms with Crippen LogP contribution < -0.4 is 10.6 Å². The number of carbonyl (C=O) groups excluding carboxylic acids is 2. The van der Waals surface area contributed by atoms with Crippen LogP contribution in [0, 0.1) is 5.92 Å². The number of amides is 2. The third-order valence-electron chi connectivity index (χ3n) is 9.14. The number of benzene rings is 3. The fourth-order valence-electron chi connectivity index (χ4n) is 6.39. The first-order chi connectivity index (χ1) is 22.4. The fourth-order valence-corrected chi connectivity index (χ4v) is 6.39. The van der Waals surface area contributed by atoms with E-state index in [1.807, 2.05) is 67.4 Å². The van der Waals surface area contributed by atoms with E-state index in [1.165, 1.54) is 5.56 Å². The quantitative estimate of drug-likeness (QED) is 0.233. The average Bonchev–Trinajstić information content (AvgIpc) is 3.09. The zero-order valence-electron chi connectivity index (χ0n) is 27.4. The van der Waals surface area contributed by atoms with Gasteiger partial charge >= 0.3 is 0 Å². The maximum absolute atomic E-state index is 13.1. The molecule has 2 saturated heterocycles. The lowest BCUT2D eigenvalue weighted by Gasteiger charge is -2.33. The van der Waals surface area contributed by atoms with Crippen molar-refractivity contribution in [3.05, 3.63) is 102 Å². The van der Waals surface area contributed by atoms with Crippen LogP contribution in [-0.2, 0) is 16.1 Å². The number of likely N-dealkylation sites (N-methyl/N-ethyl adjacent to an activating group) is 1. The van der Waals surface area contributed by atoms with E-state index in [0.29, 0.717) is 24.5 Å². The number of rotatable bonds is 13. The Morgan fingerprint density at radius 1 is 0.870 bits per heavy atom. The van der Waals surface area contributed by atoms with Crippen molar-refractivity contribution < 1.29 is 14.3 Å². The summed E-state index contributed by atoms with van der Waals surface area (Å²) in [5.41, 5.74) is 5.15. The summed E-state index contributed by atoms with van der Waals surface area (Å²) in [5.74, 6) is 0.927. The molecule has 244 valence electrons. The maximum Gasteiger partial charge on any atom is 0.253 e. The highest BCUT2D eigenvalue weighted by atomic mass is 16.5. The van der Waals surface area contributed by atoms with Gasteiger partial charge in [-0.15, -0.1) is 0 Å². The number of ether oxygens (including phenoxy) is 1. The number of nitrogens with zero attached hydrogens (tertiary/aromatic N) is 3. The van der Waals surface area contributed by atoms with E-state index in [1.54, 1.807) is 0 Å². The molecule has 2 amide bonds. The number of nitrogens with one attached hydrogen (secondary N) is 2. The van der Waals surface area contributed by atoms with Crippen LogP contribution in [0.1, 0.15) is 48.5 Å². The molecule has 0 aliphatic carbocycles. The Balaban J connectivity index is 1.00. The van der Waals surface area contributed by atoms with Crippen LogP contribution in [0.3, 0.4) is 0 Å². The van der Waals surface area contributed by atoms with Gasteiger partial charge in [0.25, 0.3) is 5.91 Å². The fraction of sp³-hybridized carbons (Fsp3) is 0.421. The summed E-state index contributed by atoms with van der Waals surface area (Å²) < 4.78 is 6.22. The predicted octanol–water partition coefficient (Wildman–Crippen LogP) is 5.84. The molecule has 8 nitrogen and oxygen atoms in total. The lowest BCUT2D eigenvalue weighted by atomic mass is 9.95. The number of carbonyl (C=O) groups is 2. The molecule has 0 atom stereocenters. The van der Waals surface area contributed by atoms with E-state index >= 15 is 0 Å². The Labute approximate surface area is 274 Å². The second-order valence-electron chi connectivity index (χ2n) is 12.5. The van der Waals surface area contributed by atoms with E-state index in [4.69, 9.17) is 4.74 Å². The van der Waals surface area contributed by atoms with Gasteiger partial charge in [0.05, 0.1) is 0 Å². The monoisotopic (exact) mass is 623 g/mol. The Morgan fingerprint density at radius 3 is 2.22 bits per heavy atom. The van der Waals surface area contributed by atoms with Crippen LogP contribution in [0.2, 0.25) is 0 Å². The lowest BCUT2D eigenvalue weighted by Crippen LogP contribution is -2.42. The molecule has 0 saturated carbocycles. The molecule has 5 rings (SSSR count). The molecule has 2 fully saturated rings. The van der Waals surface area contributed by atoms with Crippen LogP contribution in [0.15, 0.2) is 91.3 Å². The molecule has 0 aromatic heterocycles. The summed E-state index contributed by atoms with van der Waals surface area (Å²) in [6.07, 6.45) is 3.75. The molecule has 3 aromatic carbocycles. The first-order valence-corrected chi connectivity index (χ1v) is 16.7. The number of hydrogen-bond acceptors (Lipinski definition) is 6. The molecule has 0 bridgehead atoms. The van der Waals surface area contributed by atoms with Crippen LogP contribution in [0.5, 0.6) is 0 Å². The van der Waals surface area contributed by atoms with Crippen LogP contribution in [0.4, 0.5) is 5.69 Å². The summed E-state index contributed by atoms with van der Waals surface area (Å²) in [6, 6.07) is 26.5. The Kier molecular flexibility index (Phi) is 11.9. The zero-order valence-corrected chi connectivity index (χ0v) is 27.4. The highest BCUT2D eigenvalue weighted by Gasteiger charge is 2.25. The number of piperidine rings is 2. The summed E-state index contributed by atoms with van der Waals surface area (Å²) >= 11 is 0. The molecule has 3 aromatic rings. The molecule has 46 heavy (non-hydrogen) atoms. The molecule has 0 spiro atoms. The lowest BCUT2D eigenvalue weighted by molar-refractivity contribution is -0.126. The molecule has 8 heteroatoms. The van der Waals surface area contributed by atoms with E-state index in [-0.39, 0.29) is 23.8 Å². The summed E-state index contributed by atoms with van der Waals surface area (Å²) in [5, 5.41) is 6.33. The largest absolute Gasteiger partial charge is 0.476 e. The van der Waals surface area contributed by atoms with Crippen molar-refractivity contribution >= 4 is 17.5 Å². The van der Waals surface area contributed by atoms with E-state index in [9.17, 15) is 9.59 Å². The minimum Gasteiger partial charge on any atom is -0.476 e. The molecular formula is C38H49N5O3. The van der Waals surface area contributed by atoms with Gasteiger partial charge in [0.2, 0.25) is 5.91 Å². The van der Waals surface area contributed by atoms with Gasteiger partial charge in [-0.25, -0.2) is 0 Å². The van der Waals surface area contributed by atoms with Gasteiger partial charge < -0.3 is 25.2 Å². The van der Waals surface area contributed by atoms with Gasteiger partial charge in [0.1, 0.15) is 6.10 Å². The molecule has 0 radical (unpaired) electrons. The Hall–Kier alpha value is -4.14. The second-order valence-corrected chi connectivity index (χ2v) is 12.5. The van der Waals surface area contributed by atoms with Gasteiger partial charge in [-0.05, 0) is 81.6 Å². The number of para-hydroxylation sites is 1. The van der Waals surface area contributed by atoms with E-state index < -0.39 is 0 Å². The van der Waals surface area contributed by atoms with Gasteiger partial charge in [0, 0.05) is 69.0 Å². The average molecular weight is 624 g/mol. The number of likely N-dealkylation sites (tertiary alicyclic amines) is 2. The number of anilines is 1. The van der Waals surface area contributed by atoms with E-state index in [0.717, 1.165) is 81.8 Å².